The Morgan fingerprint density at radius 1 is 1.08 bits per heavy atom. The quantitative estimate of drug-likeness (QED) is 0.789. The minimum absolute atomic E-state index is 0.0331. The van der Waals surface area contributed by atoms with E-state index in [0.29, 0.717) is 0 Å². The van der Waals surface area contributed by atoms with Gasteiger partial charge in [-0.05, 0) is 63.2 Å². The Labute approximate surface area is 145 Å². The van der Waals surface area contributed by atoms with E-state index in [1.54, 1.807) is 0 Å². The van der Waals surface area contributed by atoms with Gasteiger partial charge in [-0.25, -0.2) is 0 Å². The third kappa shape index (κ3) is 3.23. The monoisotopic (exact) mass is 335 g/mol. The van der Waals surface area contributed by atoms with Crippen molar-refractivity contribution in [1.29, 1.82) is 0 Å². The molecule has 5 nitrogen and oxygen atoms in total. The van der Waals surface area contributed by atoms with Gasteiger partial charge in [-0.3, -0.25) is 14.6 Å². The average Bonchev–Trinajstić information content (AvgIpc) is 2.53. The van der Waals surface area contributed by atoms with Crippen LogP contribution in [0.25, 0.3) is 0 Å². The van der Waals surface area contributed by atoms with Gasteiger partial charge in [0.15, 0.2) is 0 Å². The van der Waals surface area contributed by atoms with Crippen LogP contribution in [0, 0.1) is 17.8 Å². The van der Waals surface area contributed by atoms with Gasteiger partial charge in [-0.1, -0.05) is 0 Å². The van der Waals surface area contributed by atoms with Crippen LogP contribution < -0.4 is 5.32 Å². The molecule has 0 aromatic heterocycles. The molecule has 4 bridgehead atoms. The van der Waals surface area contributed by atoms with Crippen LogP contribution in [-0.2, 0) is 4.79 Å². The molecule has 136 valence electrons. The third-order valence-electron chi connectivity index (χ3n) is 7.18. The number of carbonyl (C=O) groups is 1. The smallest absolute Gasteiger partial charge is 0.237 e. The second-order valence-electron chi connectivity index (χ2n) is 8.96. The summed E-state index contributed by atoms with van der Waals surface area (Å²) in [6.07, 6.45) is 7.91. The largest absolute Gasteiger partial charge is 0.395 e. The number of aliphatic hydroxyl groups is 1. The lowest BCUT2D eigenvalue weighted by molar-refractivity contribution is -0.132. The van der Waals surface area contributed by atoms with Gasteiger partial charge < -0.3 is 10.4 Å². The zero-order chi connectivity index (χ0) is 16.7. The van der Waals surface area contributed by atoms with Crippen molar-refractivity contribution in [2.75, 3.05) is 39.3 Å². The fraction of sp³-hybridized carbons (Fsp3) is 0.947. The van der Waals surface area contributed by atoms with Crippen LogP contribution in [0.3, 0.4) is 0 Å². The highest BCUT2D eigenvalue weighted by Crippen LogP contribution is 2.55. The summed E-state index contributed by atoms with van der Waals surface area (Å²) in [4.78, 5) is 17.5. The first-order valence-corrected chi connectivity index (χ1v) is 9.96. The molecule has 4 aliphatic carbocycles. The van der Waals surface area contributed by atoms with Crippen molar-refractivity contribution < 1.29 is 9.90 Å². The molecule has 1 atom stereocenters. The van der Waals surface area contributed by atoms with Gasteiger partial charge in [0.05, 0.1) is 12.6 Å². The summed E-state index contributed by atoms with van der Waals surface area (Å²) in [5.74, 6) is 2.85. The van der Waals surface area contributed by atoms with Crippen LogP contribution in [0.15, 0.2) is 0 Å². The molecule has 5 rings (SSSR count). The number of rotatable bonds is 5. The van der Waals surface area contributed by atoms with E-state index in [-0.39, 0.29) is 24.1 Å². The number of hydrogen-bond donors (Lipinski definition) is 2. The van der Waals surface area contributed by atoms with Gasteiger partial charge in [0.25, 0.3) is 0 Å². The molecule has 2 N–H and O–H groups in total. The van der Waals surface area contributed by atoms with E-state index in [9.17, 15) is 4.79 Å². The first-order valence-electron chi connectivity index (χ1n) is 9.96. The first-order chi connectivity index (χ1) is 11.6. The lowest BCUT2D eigenvalue weighted by Gasteiger charge is -2.57. The van der Waals surface area contributed by atoms with Crippen molar-refractivity contribution in [1.82, 2.24) is 15.1 Å². The summed E-state index contributed by atoms with van der Waals surface area (Å²) in [6, 6.07) is -0.0331. The second kappa shape index (κ2) is 6.58. The van der Waals surface area contributed by atoms with Gasteiger partial charge in [0.2, 0.25) is 5.91 Å². The van der Waals surface area contributed by atoms with Gasteiger partial charge in [-0.2, -0.15) is 0 Å². The summed E-state index contributed by atoms with van der Waals surface area (Å²) in [6.45, 7) is 6.80. The average molecular weight is 335 g/mol. The molecule has 0 spiro atoms. The van der Waals surface area contributed by atoms with Gasteiger partial charge in [0.1, 0.15) is 0 Å². The van der Waals surface area contributed by atoms with Crippen LogP contribution in [0.5, 0.6) is 0 Å². The Morgan fingerprint density at radius 2 is 1.62 bits per heavy atom. The number of nitrogens with one attached hydrogen (secondary N) is 1. The van der Waals surface area contributed by atoms with Crippen molar-refractivity contribution in [3.63, 3.8) is 0 Å². The fourth-order valence-corrected chi connectivity index (χ4v) is 6.31. The standard InChI is InChI=1S/C19H33N3O2/c1-14(22-4-2-21(3-5-22)6-7-23)18(24)20-19-11-15-8-16(12-19)10-17(9-15)13-19/h14-17,23H,2-13H2,1H3,(H,20,24). The van der Waals surface area contributed by atoms with Crippen molar-refractivity contribution in [2.24, 2.45) is 17.8 Å². The molecular weight excluding hydrogens is 302 g/mol. The van der Waals surface area contributed by atoms with E-state index in [1.807, 2.05) is 0 Å². The number of carbonyl (C=O) groups excluding carboxylic acids is 1. The Balaban J connectivity index is 1.33. The lowest BCUT2D eigenvalue weighted by atomic mass is 9.53. The Kier molecular flexibility index (Phi) is 4.61. The maximum Gasteiger partial charge on any atom is 0.237 e. The number of aliphatic hydroxyl groups excluding tert-OH is 1. The topological polar surface area (TPSA) is 55.8 Å². The fourth-order valence-electron chi connectivity index (χ4n) is 6.31. The molecule has 1 aliphatic heterocycles. The van der Waals surface area contributed by atoms with Crippen LogP contribution >= 0.6 is 0 Å². The van der Waals surface area contributed by atoms with Gasteiger partial charge >= 0.3 is 0 Å². The molecule has 0 radical (unpaired) electrons. The molecule has 1 unspecified atom stereocenters. The lowest BCUT2D eigenvalue weighted by Crippen LogP contribution is -2.63. The Hall–Kier alpha value is -0.650. The molecule has 1 heterocycles. The van der Waals surface area contributed by atoms with Crippen LogP contribution in [-0.4, -0.2) is 71.7 Å². The number of amides is 1. The Bertz CT molecular complexity index is 438. The molecule has 4 saturated carbocycles. The van der Waals surface area contributed by atoms with E-state index < -0.39 is 0 Å². The molecule has 1 saturated heterocycles. The summed E-state index contributed by atoms with van der Waals surface area (Å²) in [5, 5.41) is 12.6. The van der Waals surface area contributed by atoms with Crippen molar-refractivity contribution in [3.8, 4) is 0 Å². The molecule has 0 aromatic rings. The van der Waals surface area contributed by atoms with Crippen LogP contribution in [0.4, 0.5) is 0 Å². The zero-order valence-electron chi connectivity index (χ0n) is 15.0. The second-order valence-corrected chi connectivity index (χ2v) is 8.96. The highest BCUT2D eigenvalue weighted by Gasteiger charge is 2.51. The van der Waals surface area contributed by atoms with Crippen LogP contribution in [0.1, 0.15) is 45.4 Å². The number of nitrogens with zero attached hydrogens (tertiary/aromatic N) is 2. The zero-order valence-corrected chi connectivity index (χ0v) is 15.0. The third-order valence-corrected chi connectivity index (χ3v) is 7.18. The Morgan fingerprint density at radius 3 is 2.12 bits per heavy atom. The number of piperazine rings is 1. The van der Waals surface area contributed by atoms with Gasteiger partial charge in [-0.15, -0.1) is 0 Å². The van der Waals surface area contributed by atoms with E-state index >= 15 is 0 Å². The molecule has 0 aromatic carbocycles. The molecule has 5 fully saturated rings. The predicted molar refractivity (Wildman–Crippen MR) is 93.6 cm³/mol. The van der Waals surface area contributed by atoms with E-state index in [0.717, 1.165) is 50.5 Å². The van der Waals surface area contributed by atoms with E-state index in [1.165, 1.54) is 38.5 Å². The molecule has 1 amide bonds. The number of hydrogen-bond acceptors (Lipinski definition) is 4. The highest BCUT2D eigenvalue weighted by molar-refractivity contribution is 5.82. The van der Waals surface area contributed by atoms with Crippen LogP contribution in [0.2, 0.25) is 0 Å². The summed E-state index contributed by atoms with van der Waals surface area (Å²) >= 11 is 0. The highest BCUT2D eigenvalue weighted by atomic mass is 16.3. The van der Waals surface area contributed by atoms with E-state index in [4.69, 9.17) is 5.11 Å². The van der Waals surface area contributed by atoms with Gasteiger partial charge in [0, 0.05) is 38.3 Å². The molecule has 5 heteroatoms. The first kappa shape index (κ1) is 16.8. The number of β-amino-alcohol motifs (C(OH)–C–C–N with tert-alkyl or cyclic N) is 1. The molecular formula is C19H33N3O2. The van der Waals surface area contributed by atoms with Crippen molar-refractivity contribution in [2.45, 2.75) is 57.0 Å². The minimum atomic E-state index is -0.0331. The summed E-state index contributed by atoms with van der Waals surface area (Å²) < 4.78 is 0. The maximum atomic E-state index is 12.9. The maximum absolute atomic E-state index is 12.9. The molecule has 5 aliphatic rings. The SMILES string of the molecule is CC(C(=O)NC12CC3CC(CC(C3)C1)C2)N1CCN(CCO)CC1. The summed E-state index contributed by atoms with van der Waals surface area (Å²) in [7, 11) is 0. The van der Waals surface area contributed by atoms with Crippen molar-refractivity contribution in [3.05, 3.63) is 0 Å². The normalized spacial score (nSPS) is 40.7. The molecule has 24 heavy (non-hydrogen) atoms. The van der Waals surface area contributed by atoms with Crippen molar-refractivity contribution >= 4 is 5.91 Å². The minimum Gasteiger partial charge on any atom is -0.395 e. The van der Waals surface area contributed by atoms with E-state index in [2.05, 4.69) is 22.0 Å². The summed E-state index contributed by atoms with van der Waals surface area (Å²) in [5.41, 5.74) is 0.124. The predicted octanol–water partition coefficient (Wildman–Crippen LogP) is 1.07.